The lowest BCUT2D eigenvalue weighted by atomic mass is 9.84. The number of carbonyl (C=O) groups excluding carboxylic acids is 2. The summed E-state index contributed by atoms with van der Waals surface area (Å²) < 4.78 is 40.3. The number of carbonyl (C=O) groups is 2. The van der Waals surface area contributed by atoms with Crippen LogP contribution >= 0.6 is 0 Å². The molecule has 6 nitrogen and oxygen atoms in total. The van der Waals surface area contributed by atoms with Gasteiger partial charge in [-0.2, -0.15) is 0 Å². The summed E-state index contributed by atoms with van der Waals surface area (Å²) in [4.78, 5) is 24.8. The summed E-state index contributed by atoms with van der Waals surface area (Å²) in [7, 11) is -3.99. The van der Waals surface area contributed by atoms with E-state index < -0.39 is 33.3 Å². The van der Waals surface area contributed by atoms with Crippen molar-refractivity contribution in [2.24, 2.45) is 0 Å². The number of amides is 2. The average molecular weight is 418 g/mol. The molecular formula is C21H23FN2O4S. The van der Waals surface area contributed by atoms with E-state index in [1.54, 1.807) is 45.9 Å². The van der Waals surface area contributed by atoms with Gasteiger partial charge in [-0.15, -0.1) is 0 Å². The highest BCUT2D eigenvalue weighted by molar-refractivity contribution is 7.90. The maximum Gasteiger partial charge on any atom is 0.269 e. The fraction of sp³-hybridized carbons (Fsp3) is 0.333. The van der Waals surface area contributed by atoms with Gasteiger partial charge in [0.1, 0.15) is 10.7 Å². The number of fused-ring (bicyclic) bond motifs is 1. The van der Waals surface area contributed by atoms with Crippen LogP contribution in [0.2, 0.25) is 0 Å². The number of halogens is 1. The van der Waals surface area contributed by atoms with E-state index in [4.69, 9.17) is 0 Å². The lowest BCUT2D eigenvalue weighted by Gasteiger charge is -2.26. The molecule has 0 aliphatic carbocycles. The normalized spacial score (nSPS) is 15.5. The molecule has 0 unspecified atom stereocenters. The second kappa shape index (κ2) is 7.26. The van der Waals surface area contributed by atoms with Crippen LogP contribution in [-0.4, -0.2) is 37.1 Å². The molecule has 8 heteroatoms. The van der Waals surface area contributed by atoms with E-state index in [1.165, 1.54) is 24.3 Å². The standard InChI is InChI=1S/C21H23FN2O4S/c1-13(2)24-20(26)15-10-9-14(11-18(15)29(24,27)28)19(25)23-12-21(3,4)16-7-5-6-8-17(16)22/h5-11,13H,12H2,1-4H3,(H,23,25). The van der Waals surface area contributed by atoms with Gasteiger partial charge in [-0.3, -0.25) is 9.59 Å². The van der Waals surface area contributed by atoms with Crippen LogP contribution in [0.5, 0.6) is 0 Å². The molecule has 0 saturated carbocycles. The molecule has 0 saturated heterocycles. The minimum Gasteiger partial charge on any atom is -0.351 e. The maximum atomic E-state index is 14.1. The first kappa shape index (κ1) is 21.0. The van der Waals surface area contributed by atoms with Crippen LogP contribution in [0.15, 0.2) is 47.4 Å². The largest absolute Gasteiger partial charge is 0.351 e. The molecule has 29 heavy (non-hydrogen) atoms. The van der Waals surface area contributed by atoms with Crippen LogP contribution in [0, 0.1) is 5.82 Å². The summed E-state index contributed by atoms with van der Waals surface area (Å²) in [6.45, 7) is 6.98. The van der Waals surface area contributed by atoms with E-state index in [-0.39, 0.29) is 28.4 Å². The van der Waals surface area contributed by atoms with E-state index in [0.29, 0.717) is 5.56 Å². The topological polar surface area (TPSA) is 83.6 Å². The molecule has 1 aliphatic rings. The third kappa shape index (κ3) is 3.64. The van der Waals surface area contributed by atoms with Crippen molar-refractivity contribution in [3.8, 4) is 0 Å². The summed E-state index contributed by atoms with van der Waals surface area (Å²) >= 11 is 0. The number of nitrogens with zero attached hydrogens (tertiary/aromatic N) is 1. The monoisotopic (exact) mass is 418 g/mol. The van der Waals surface area contributed by atoms with Gasteiger partial charge in [-0.25, -0.2) is 17.1 Å². The molecule has 0 bridgehead atoms. The maximum absolute atomic E-state index is 14.1. The van der Waals surface area contributed by atoms with Gasteiger partial charge in [-0.05, 0) is 43.7 Å². The Hall–Kier alpha value is -2.74. The van der Waals surface area contributed by atoms with Crippen molar-refractivity contribution in [3.05, 3.63) is 65.0 Å². The Morgan fingerprint density at radius 2 is 1.83 bits per heavy atom. The lowest BCUT2D eigenvalue weighted by Crippen LogP contribution is -2.37. The van der Waals surface area contributed by atoms with Crippen LogP contribution in [0.1, 0.15) is 54.0 Å². The van der Waals surface area contributed by atoms with Crippen LogP contribution in [0.4, 0.5) is 4.39 Å². The van der Waals surface area contributed by atoms with Gasteiger partial charge in [-0.1, -0.05) is 32.0 Å². The zero-order valence-electron chi connectivity index (χ0n) is 16.7. The number of sulfonamides is 1. The van der Waals surface area contributed by atoms with Crippen molar-refractivity contribution in [2.75, 3.05) is 6.54 Å². The van der Waals surface area contributed by atoms with Crippen molar-refractivity contribution < 1.29 is 22.4 Å². The fourth-order valence-corrected chi connectivity index (χ4v) is 5.20. The van der Waals surface area contributed by atoms with Gasteiger partial charge < -0.3 is 5.32 Å². The van der Waals surface area contributed by atoms with E-state index in [1.807, 2.05) is 0 Å². The van der Waals surface area contributed by atoms with Crippen molar-refractivity contribution in [1.29, 1.82) is 0 Å². The minimum absolute atomic E-state index is 0.0573. The number of rotatable bonds is 5. The Balaban J connectivity index is 1.83. The summed E-state index contributed by atoms with van der Waals surface area (Å²) in [5, 5.41) is 2.73. The SMILES string of the molecule is CC(C)N1C(=O)c2ccc(C(=O)NCC(C)(C)c3ccccc3F)cc2S1(=O)=O. The number of benzene rings is 2. The molecule has 0 radical (unpaired) electrons. The molecule has 1 aliphatic heterocycles. The second-order valence-corrected chi connectivity index (χ2v) is 9.74. The van der Waals surface area contributed by atoms with E-state index >= 15 is 0 Å². The smallest absolute Gasteiger partial charge is 0.269 e. The molecule has 1 heterocycles. The molecule has 1 N–H and O–H groups in total. The quantitative estimate of drug-likeness (QED) is 0.809. The highest BCUT2D eigenvalue weighted by Gasteiger charge is 2.43. The molecule has 0 atom stereocenters. The molecule has 2 aromatic rings. The summed E-state index contributed by atoms with van der Waals surface area (Å²) in [6, 6.07) is 9.81. The first-order valence-corrected chi connectivity index (χ1v) is 10.7. The molecule has 0 spiro atoms. The third-order valence-electron chi connectivity index (χ3n) is 4.97. The molecule has 0 fully saturated rings. The average Bonchev–Trinajstić information content (AvgIpc) is 2.85. The highest BCUT2D eigenvalue weighted by atomic mass is 32.2. The summed E-state index contributed by atoms with van der Waals surface area (Å²) in [5.41, 5.74) is -0.0270. The Morgan fingerprint density at radius 1 is 1.17 bits per heavy atom. The van der Waals surface area contributed by atoms with Crippen molar-refractivity contribution >= 4 is 21.8 Å². The van der Waals surface area contributed by atoms with Gasteiger partial charge in [0.05, 0.1) is 5.56 Å². The van der Waals surface area contributed by atoms with Crippen LogP contribution in [0.25, 0.3) is 0 Å². The predicted molar refractivity (Wildman–Crippen MR) is 107 cm³/mol. The molecule has 2 amide bonds. The number of hydrogen-bond acceptors (Lipinski definition) is 4. The van der Waals surface area contributed by atoms with Crippen LogP contribution < -0.4 is 5.32 Å². The molecule has 2 aromatic carbocycles. The summed E-state index contributed by atoms with van der Waals surface area (Å²) in [6.07, 6.45) is 0. The van der Waals surface area contributed by atoms with E-state index in [0.717, 1.165) is 4.31 Å². The number of nitrogens with one attached hydrogen (secondary N) is 1. The Morgan fingerprint density at radius 3 is 2.45 bits per heavy atom. The molecule has 0 aromatic heterocycles. The van der Waals surface area contributed by atoms with Crippen molar-refractivity contribution in [1.82, 2.24) is 9.62 Å². The van der Waals surface area contributed by atoms with Gasteiger partial charge in [0.25, 0.3) is 21.8 Å². The Kier molecular flexibility index (Phi) is 5.25. The van der Waals surface area contributed by atoms with Crippen LogP contribution in [0.3, 0.4) is 0 Å². The first-order valence-electron chi connectivity index (χ1n) is 9.23. The van der Waals surface area contributed by atoms with Gasteiger partial charge >= 0.3 is 0 Å². The second-order valence-electron chi connectivity index (χ2n) is 7.96. The Labute approximate surface area is 169 Å². The Bertz CT molecular complexity index is 1090. The van der Waals surface area contributed by atoms with Gasteiger partial charge in [0.15, 0.2) is 0 Å². The van der Waals surface area contributed by atoms with E-state index in [9.17, 15) is 22.4 Å². The first-order chi connectivity index (χ1) is 13.5. The molecule has 3 rings (SSSR count). The summed E-state index contributed by atoms with van der Waals surface area (Å²) in [5.74, 6) is -1.45. The zero-order chi connectivity index (χ0) is 21.6. The van der Waals surface area contributed by atoms with Crippen molar-refractivity contribution in [2.45, 2.75) is 44.0 Å². The number of hydrogen-bond donors (Lipinski definition) is 1. The van der Waals surface area contributed by atoms with Crippen molar-refractivity contribution in [3.63, 3.8) is 0 Å². The van der Waals surface area contributed by atoms with Gasteiger partial charge in [0.2, 0.25) is 0 Å². The van der Waals surface area contributed by atoms with Gasteiger partial charge in [0, 0.05) is 23.6 Å². The third-order valence-corrected chi connectivity index (χ3v) is 6.97. The fourth-order valence-electron chi connectivity index (χ4n) is 3.41. The predicted octanol–water partition coefficient (Wildman–Crippen LogP) is 3.09. The molecule has 154 valence electrons. The molecular weight excluding hydrogens is 395 g/mol. The van der Waals surface area contributed by atoms with E-state index in [2.05, 4.69) is 5.32 Å². The highest BCUT2D eigenvalue weighted by Crippen LogP contribution is 2.32. The van der Waals surface area contributed by atoms with Crippen LogP contribution in [-0.2, 0) is 15.4 Å². The zero-order valence-corrected chi connectivity index (χ0v) is 17.5. The minimum atomic E-state index is -3.99. The lowest BCUT2D eigenvalue weighted by molar-refractivity contribution is 0.0845.